The minimum Gasteiger partial charge on any atom is -0.314 e. The van der Waals surface area contributed by atoms with E-state index in [4.69, 9.17) is 0 Å². The first kappa shape index (κ1) is 13.8. The Balaban J connectivity index is 2.13. The van der Waals surface area contributed by atoms with Crippen molar-refractivity contribution in [3.05, 3.63) is 0 Å². The van der Waals surface area contributed by atoms with Gasteiger partial charge in [0.2, 0.25) is 0 Å². The Labute approximate surface area is 95.2 Å². The summed E-state index contributed by atoms with van der Waals surface area (Å²) in [6.45, 7) is 4.67. The molecular weight excluding hydrogens is 217 g/mol. The highest BCUT2D eigenvalue weighted by Gasteiger charge is 2.27. The van der Waals surface area contributed by atoms with Gasteiger partial charge in [0, 0.05) is 19.0 Å². The Bertz CT molecular complexity index is 206. The first-order chi connectivity index (χ1) is 7.38. The first-order valence-corrected chi connectivity index (χ1v) is 5.87. The van der Waals surface area contributed by atoms with E-state index in [9.17, 15) is 13.2 Å². The molecule has 1 saturated heterocycles. The van der Waals surface area contributed by atoms with Gasteiger partial charge in [-0.25, -0.2) is 0 Å². The highest BCUT2D eigenvalue weighted by Crippen LogP contribution is 2.21. The molecule has 2 atom stereocenters. The number of likely N-dealkylation sites (tertiary alicyclic amines) is 1. The quantitative estimate of drug-likeness (QED) is 0.756. The van der Waals surface area contributed by atoms with Crippen LogP contribution in [0.25, 0.3) is 0 Å². The van der Waals surface area contributed by atoms with Gasteiger partial charge in [-0.15, -0.1) is 0 Å². The lowest BCUT2D eigenvalue weighted by molar-refractivity contribution is -0.135. The van der Waals surface area contributed by atoms with E-state index >= 15 is 0 Å². The van der Waals surface area contributed by atoms with Crippen molar-refractivity contribution in [2.45, 2.75) is 38.4 Å². The summed E-state index contributed by atoms with van der Waals surface area (Å²) in [5, 5.41) is 3.24. The Morgan fingerprint density at radius 1 is 1.38 bits per heavy atom. The number of nitrogens with zero attached hydrogens (tertiary/aromatic N) is 1. The maximum atomic E-state index is 11.9. The second-order valence-electron chi connectivity index (χ2n) is 4.81. The number of hydrogen-bond donors (Lipinski definition) is 1. The summed E-state index contributed by atoms with van der Waals surface area (Å²) < 4.78 is 35.7. The van der Waals surface area contributed by atoms with Crippen molar-refractivity contribution in [2.24, 2.45) is 5.92 Å². The lowest BCUT2D eigenvalue weighted by Crippen LogP contribution is -2.47. The molecular formula is C11H21F3N2. The van der Waals surface area contributed by atoms with E-state index in [-0.39, 0.29) is 6.42 Å². The fourth-order valence-corrected chi connectivity index (χ4v) is 2.23. The lowest BCUT2D eigenvalue weighted by Gasteiger charge is -2.35. The van der Waals surface area contributed by atoms with Gasteiger partial charge in [-0.2, -0.15) is 13.2 Å². The second-order valence-corrected chi connectivity index (χ2v) is 4.81. The minimum atomic E-state index is -4.01. The second kappa shape index (κ2) is 5.87. The molecule has 1 aliphatic rings. The zero-order valence-corrected chi connectivity index (χ0v) is 9.98. The van der Waals surface area contributed by atoms with Gasteiger partial charge in [-0.05, 0) is 38.9 Å². The van der Waals surface area contributed by atoms with Gasteiger partial charge >= 0.3 is 6.18 Å². The lowest BCUT2D eigenvalue weighted by atomic mass is 9.94. The number of alkyl halides is 3. The van der Waals surface area contributed by atoms with Crippen molar-refractivity contribution in [3.63, 3.8) is 0 Å². The Morgan fingerprint density at radius 2 is 2.06 bits per heavy atom. The number of hydrogen-bond acceptors (Lipinski definition) is 2. The molecule has 0 saturated carbocycles. The van der Waals surface area contributed by atoms with Crippen molar-refractivity contribution in [2.75, 3.05) is 26.7 Å². The minimum absolute atomic E-state index is 0.183. The van der Waals surface area contributed by atoms with Crippen molar-refractivity contribution < 1.29 is 13.2 Å². The molecule has 0 spiro atoms. The van der Waals surface area contributed by atoms with E-state index in [1.54, 1.807) is 0 Å². The molecule has 1 heterocycles. The molecule has 16 heavy (non-hydrogen) atoms. The predicted molar refractivity (Wildman–Crippen MR) is 58.4 cm³/mol. The summed E-state index contributed by atoms with van der Waals surface area (Å²) in [6, 6.07) is 0.379. The van der Waals surface area contributed by atoms with Crippen molar-refractivity contribution in [1.82, 2.24) is 10.2 Å². The van der Waals surface area contributed by atoms with Crippen LogP contribution in [0.15, 0.2) is 0 Å². The van der Waals surface area contributed by atoms with Crippen molar-refractivity contribution in [1.29, 1.82) is 0 Å². The van der Waals surface area contributed by atoms with Crippen LogP contribution in [0.4, 0.5) is 13.2 Å². The average molecular weight is 238 g/mol. The number of piperidine rings is 1. The summed E-state index contributed by atoms with van der Waals surface area (Å²) in [5.74, 6) is 0.518. The van der Waals surface area contributed by atoms with E-state index < -0.39 is 12.6 Å². The molecule has 1 aliphatic heterocycles. The van der Waals surface area contributed by atoms with E-state index in [0.29, 0.717) is 18.5 Å². The van der Waals surface area contributed by atoms with Crippen LogP contribution in [0.5, 0.6) is 0 Å². The molecule has 0 aromatic carbocycles. The monoisotopic (exact) mass is 238 g/mol. The third-order valence-electron chi connectivity index (χ3n) is 3.15. The molecule has 2 nitrogen and oxygen atoms in total. The maximum absolute atomic E-state index is 11.9. The number of rotatable bonds is 4. The average Bonchev–Trinajstić information content (AvgIpc) is 2.13. The summed E-state index contributed by atoms with van der Waals surface area (Å²) in [7, 11) is 2.08. The van der Waals surface area contributed by atoms with E-state index in [1.165, 1.54) is 0 Å². The fourth-order valence-electron chi connectivity index (χ4n) is 2.23. The van der Waals surface area contributed by atoms with Crippen LogP contribution < -0.4 is 5.32 Å². The highest BCUT2D eigenvalue weighted by atomic mass is 19.4. The summed E-state index contributed by atoms with van der Waals surface area (Å²) >= 11 is 0. The summed E-state index contributed by atoms with van der Waals surface area (Å²) in [6.07, 6.45) is -3.48. The van der Waals surface area contributed by atoms with Gasteiger partial charge < -0.3 is 10.2 Å². The Morgan fingerprint density at radius 3 is 2.62 bits per heavy atom. The van der Waals surface area contributed by atoms with Gasteiger partial charge in [-0.1, -0.05) is 6.92 Å². The van der Waals surface area contributed by atoms with Crippen LogP contribution in [-0.2, 0) is 0 Å². The molecule has 1 N–H and O–H groups in total. The van der Waals surface area contributed by atoms with Gasteiger partial charge in [-0.3, -0.25) is 0 Å². The van der Waals surface area contributed by atoms with Gasteiger partial charge in [0.25, 0.3) is 0 Å². The molecule has 1 fully saturated rings. The molecule has 0 aromatic rings. The molecule has 0 aliphatic carbocycles. The van der Waals surface area contributed by atoms with Crippen LogP contribution in [-0.4, -0.2) is 43.8 Å². The van der Waals surface area contributed by atoms with E-state index in [2.05, 4.69) is 24.2 Å². The SMILES string of the molecule is CC1CN(C)CCC1NCCCC(F)(F)F. The van der Waals surface area contributed by atoms with Crippen LogP contribution in [0.2, 0.25) is 0 Å². The summed E-state index contributed by atoms with van der Waals surface area (Å²) in [5.41, 5.74) is 0. The molecule has 0 radical (unpaired) electrons. The normalized spacial score (nSPS) is 28.3. The predicted octanol–water partition coefficient (Wildman–Crippen LogP) is 2.26. The Kier molecular flexibility index (Phi) is 5.05. The topological polar surface area (TPSA) is 15.3 Å². The van der Waals surface area contributed by atoms with Crippen LogP contribution >= 0.6 is 0 Å². The van der Waals surface area contributed by atoms with Crippen molar-refractivity contribution >= 4 is 0 Å². The fraction of sp³-hybridized carbons (Fsp3) is 1.00. The molecule has 2 unspecified atom stereocenters. The van der Waals surface area contributed by atoms with Gasteiger partial charge in [0.05, 0.1) is 0 Å². The van der Waals surface area contributed by atoms with Crippen LogP contribution in [0.1, 0.15) is 26.2 Å². The highest BCUT2D eigenvalue weighted by molar-refractivity contribution is 4.81. The Hall–Kier alpha value is -0.290. The molecule has 0 aromatic heterocycles. The van der Waals surface area contributed by atoms with Gasteiger partial charge in [0.1, 0.15) is 0 Å². The van der Waals surface area contributed by atoms with Crippen LogP contribution in [0.3, 0.4) is 0 Å². The number of halogens is 3. The van der Waals surface area contributed by atoms with Crippen molar-refractivity contribution in [3.8, 4) is 0 Å². The number of nitrogens with one attached hydrogen (secondary N) is 1. The standard InChI is InChI=1S/C11H21F3N2/c1-9-8-16(2)7-4-10(9)15-6-3-5-11(12,13)14/h9-10,15H,3-8H2,1-2H3. The largest absolute Gasteiger partial charge is 0.389 e. The molecule has 96 valence electrons. The molecule has 0 bridgehead atoms. The molecule has 0 amide bonds. The molecule has 5 heteroatoms. The molecule has 1 rings (SSSR count). The van der Waals surface area contributed by atoms with Gasteiger partial charge in [0.15, 0.2) is 0 Å². The zero-order valence-electron chi connectivity index (χ0n) is 9.98. The van der Waals surface area contributed by atoms with E-state index in [0.717, 1.165) is 19.5 Å². The smallest absolute Gasteiger partial charge is 0.314 e. The summed E-state index contributed by atoms with van der Waals surface area (Å²) in [4.78, 5) is 2.26. The first-order valence-electron chi connectivity index (χ1n) is 5.87. The third kappa shape index (κ3) is 5.16. The third-order valence-corrected chi connectivity index (χ3v) is 3.15. The maximum Gasteiger partial charge on any atom is 0.389 e. The van der Waals surface area contributed by atoms with Crippen LogP contribution in [0, 0.1) is 5.92 Å². The van der Waals surface area contributed by atoms with E-state index in [1.807, 2.05) is 0 Å². The zero-order chi connectivity index (χ0) is 12.2.